The van der Waals surface area contributed by atoms with Crippen molar-refractivity contribution >= 4 is 17.4 Å². The van der Waals surface area contributed by atoms with Crippen molar-refractivity contribution in [3.05, 3.63) is 12.0 Å². The molecule has 1 fully saturated rings. The number of nitrogens with zero attached hydrogens (tertiary/aromatic N) is 4. The largest absolute Gasteiger partial charge is 0.351 e. The Hall–Kier alpha value is -1.65. The van der Waals surface area contributed by atoms with Crippen molar-refractivity contribution in [3.63, 3.8) is 0 Å². The molecule has 1 aromatic heterocycles. The molecule has 0 spiro atoms. The van der Waals surface area contributed by atoms with Crippen LogP contribution in [0.25, 0.3) is 0 Å². The van der Waals surface area contributed by atoms with Gasteiger partial charge in [-0.2, -0.15) is 0 Å². The third-order valence-electron chi connectivity index (χ3n) is 4.21. The highest BCUT2D eigenvalue weighted by Gasteiger charge is 2.31. The van der Waals surface area contributed by atoms with Crippen molar-refractivity contribution < 1.29 is 4.79 Å². The smallest absolute Gasteiger partial charge is 0.228 e. The minimum Gasteiger partial charge on any atom is -0.351 e. The number of carbonyl (C=O) groups excluding carboxylic acids is 1. The van der Waals surface area contributed by atoms with Crippen molar-refractivity contribution in [3.8, 4) is 0 Å². The first-order valence-electron chi connectivity index (χ1n) is 7.03. The fourth-order valence-electron chi connectivity index (χ4n) is 3.10. The van der Waals surface area contributed by atoms with Crippen molar-refractivity contribution in [2.24, 2.45) is 0 Å². The van der Waals surface area contributed by atoms with Crippen LogP contribution in [0.4, 0.5) is 11.5 Å². The molecule has 3 rings (SSSR count). The number of carbonyl (C=O) groups is 1. The van der Waals surface area contributed by atoms with Gasteiger partial charge in [0.2, 0.25) is 5.91 Å². The van der Waals surface area contributed by atoms with Crippen LogP contribution in [0.1, 0.15) is 37.9 Å². The molecule has 19 heavy (non-hydrogen) atoms. The van der Waals surface area contributed by atoms with Crippen LogP contribution in [0, 0.1) is 6.92 Å². The summed E-state index contributed by atoms with van der Waals surface area (Å²) in [5.74, 6) is 1.85. The van der Waals surface area contributed by atoms with Crippen LogP contribution in [0.5, 0.6) is 0 Å². The number of hydrogen-bond acceptors (Lipinski definition) is 4. The molecular formula is C14H20N4O. The number of rotatable bonds is 1. The molecule has 1 aliphatic carbocycles. The highest BCUT2D eigenvalue weighted by atomic mass is 16.2. The maximum Gasteiger partial charge on any atom is 0.228 e. The van der Waals surface area contributed by atoms with Crippen LogP contribution in [-0.2, 0) is 4.79 Å². The van der Waals surface area contributed by atoms with Gasteiger partial charge in [0.25, 0.3) is 0 Å². The van der Waals surface area contributed by atoms with Gasteiger partial charge < -0.3 is 9.80 Å². The minimum absolute atomic E-state index is 0.147. The van der Waals surface area contributed by atoms with Crippen LogP contribution in [0.2, 0.25) is 0 Å². The minimum atomic E-state index is 0.147. The lowest BCUT2D eigenvalue weighted by Crippen LogP contribution is -2.34. The molecule has 0 bridgehead atoms. The quantitative estimate of drug-likeness (QED) is 0.774. The molecule has 0 radical (unpaired) electrons. The molecule has 102 valence electrons. The summed E-state index contributed by atoms with van der Waals surface area (Å²) in [4.78, 5) is 24.9. The van der Waals surface area contributed by atoms with Gasteiger partial charge in [-0.25, -0.2) is 9.97 Å². The van der Waals surface area contributed by atoms with Crippen LogP contribution in [0.3, 0.4) is 0 Å². The molecule has 2 heterocycles. The molecule has 1 saturated carbocycles. The van der Waals surface area contributed by atoms with Gasteiger partial charge in [-0.05, 0) is 19.8 Å². The van der Waals surface area contributed by atoms with E-state index in [9.17, 15) is 4.79 Å². The third kappa shape index (κ3) is 2.17. The Morgan fingerprint density at radius 1 is 1.32 bits per heavy atom. The zero-order chi connectivity index (χ0) is 13.4. The summed E-state index contributed by atoms with van der Waals surface area (Å²) in [7, 11) is 1.82. The molecule has 5 heteroatoms. The van der Waals surface area contributed by atoms with E-state index in [0.29, 0.717) is 12.5 Å². The highest BCUT2D eigenvalue weighted by molar-refractivity contribution is 5.97. The van der Waals surface area contributed by atoms with Crippen LogP contribution in [-0.4, -0.2) is 35.5 Å². The van der Waals surface area contributed by atoms with Crippen LogP contribution >= 0.6 is 0 Å². The van der Waals surface area contributed by atoms with Gasteiger partial charge in [0, 0.05) is 26.1 Å². The molecular weight excluding hydrogens is 240 g/mol. The molecule has 0 aromatic carbocycles. The van der Waals surface area contributed by atoms with Crippen molar-refractivity contribution in [1.29, 1.82) is 0 Å². The average molecular weight is 260 g/mol. The molecule has 1 amide bonds. The van der Waals surface area contributed by atoms with E-state index in [-0.39, 0.29) is 5.91 Å². The number of amides is 1. The third-order valence-corrected chi connectivity index (χ3v) is 4.21. The van der Waals surface area contributed by atoms with Crippen LogP contribution in [0.15, 0.2) is 6.20 Å². The predicted octanol–water partition coefficient (Wildman–Crippen LogP) is 1.90. The monoisotopic (exact) mass is 260 g/mol. The summed E-state index contributed by atoms with van der Waals surface area (Å²) >= 11 is 0. The molecule has 0 atom stereocenters. The lowest BCUT2D eigenvalue weighted by molar-refractivity contribution is -0.118. The van der Waals surface area contributed by atoms with Gasteiger partial charge in [0.15, 0.2) is 5.82 Å². The van der Waals surface area contributed by atoms with Gasteiger partial charge in [-0.15, -0.1) is 0 Å². The first kappa shape index (κ1) is 12.4. The Bertz CT molecular complexity index is 496. The van der Waals surface area contributed by atoms with Crippen molar-refractivity contribution in [1.82, 2.24) is 9.97 Å². The number of aromatic nitrogens is 2. The van der Waals surface area contributed by atoms with Crippen molar-refractivity contribution in [2.75, 3.05) is 23.4 Å². The van der Waals surface area contributed by atoms with E-state index in [2.05, 4.69) is 14.9 Å². The Balaban J connectivity index is 2.04. The highest BCUT2D eigenvalue weighted by Crippen LogP contribution is 2.35. The van der Waals surface area contributed by atoms with E-state index in [0.717, 1.165) is 23.9 Å². The van der Waals surface area contributed by atoms with E-state index in [1.54, 1.807) is 11.1 Å². The second kappa shape index (κ2) is 4.79. The molecule has 0 unspecified atom stereocenters. The zero-order valence-electron chi connectivity index (χ0n) is 11.6. The maximum absolute atomic E-state index is 12.1. The lowest BCUT2D eigenvalue weighted by atomic mass is 10.2. The Morgan fingerprint density at radius 3 is 2.79 bits per heavy atom. The van der Waals surface area contributed by atoms with Gasteiger partial charge in [-0.3, -0.25) is 4.79 Å². The van der Waals surface area contributed by atoms with E-state index in [1.165, 1.54) is 25.7 Å². The summed E-state index contributed by atoms with van der Waals surface area (Å²) < 4.78 is 0. The summed E-state index contributed by atoms with van der Waals surface area (Å²) in [6, 6.07) is 0.535. The second-order valence-electron chi connectivity index (χ2n) is 5.46. The number of fused-ring (bicyclic) bond motifs is 1. The Labute approximate surface area is 113 Å². The Kier molecular flexibility index (Phi) is 3.12. The number of anilines is 2. The van der Waals surface area contributed by atoms with E-state index in [1.807, 2.05) is 14.0 Å². The fraction of sp³-hybridized carbons (Fsp3) is 0.643. The zero-order valence-corrected chi connectivity index (χ0v) is 11.6. The van der Waals surface area contributed by atoms with Crippen molar-refractivity contribution in [2.45, 2.75) is 45.1 Å². The predicted molar refractivity (Wildman–Crippen MR) is 74.4 cm³/mol. The van der Waals surface area contributed by atoms with Gasteiger partial charge >= 0.3 is 0 Å². The molecule has 0 N–H and O–H groups in total. The first-order chi connectivity index (χ1) is 9.16. The van der Waals surface area contributed by atoms with E-state index < -0.39 is 0 Å². The molecule has 1 aromatic rings. The molecule has 0 saturated heterocycles. The lowest BCUT2D eigenvalue weighted by Gasteiger charge is -2.29. The SMILES string of the molecule is Cc1ncc2c(n1)N(C1CCCC1)CCC(=O)N2C. The summed E-state index contributed by atoms with van der Waals surface area (Å²) in [6.07, 6.45) is 7.32. The second-order valence-corrected chi connectivity index (χ2v) is 5.46. The van der Waals surface area contributed by atoms with E-state index in [4.69, 9.17) is 0 Å². The standard InChI is InChI=1S/C14H20N4O/c1-10-15-9-12-14(16-10)18(11-5-3-4-6-11)8-7-13(19)17(12)2/h9,11H,3-8H2,1-2H3. The molecule has 2 aliphatic rings. The summed E-state index contributed by atoms with van der Waals surface area (Å²) in [5.41, 5.74) is 0.847. The summed E-state index contributed by atoms with van der Waals surface area (Å²) in [5, 5.41) is 0. The topological polar surface area (TPSA) is 49.3 Å². The van der Waals surface area contributed by atoms with Gasteiger partial charge in [0.05, 0.1) is 6.20 Å². The number of aryl methyl sites for hydroxylation is 1. The normalized spacial score (nSPS) is 20.6. The molecule has 1 aliphatic heterocycles. The average Bonchev–Trinajstić information content (AvgIpc) is 2.88. The summed E-state index contributed by atoms with van der Waals surface area (Å²) in [6.45, 7) is 2.68. The Morgan fingerprint density at radius 2 is 2.05 bits per heavy atom. The van der Waals surface area contributed by atoms with Crippen LogP contribution < -0.4 is 9.80 Å². The van der Waals surface area contributed by atoms with E-state index >= 15 is 0 Å². The van der Waals surface area contributed by atoms with Gasteiger partial charge in [0.1, 0.15) is 11.5 Å². The maximum atomic E-state index is 12.1. The molecule has 5 nitrogen and oxygen atoms in total. The first-order valence-corrected chi connectivity index (χ1v) is 7.03. The fourth-order valence-corrected chi connectivity index (χ4v) is 3.10. The number of hydrogen-bond donors (Lipinski definition) is 0. The van der Waals surface area contributed by atoms with Gasteiger partial charge in [-0.1, -0.05) is 12.8 Å².